The highest BCUT2D eigenvalue weighted by Gasteiger charge is 1.97. The second-order valence-electron chi connectivity index (χ2n) is 4.11. The van der Waals surface area contributed by atoms with E-state index in [0.717, 1.165) is 5.88 Å². The SMILES string of the molecule is CCCCCCN(C)CCCCCCl. The van der Waals surface area contributed by atoms with E-state index in [9.17, 15) is 0 Å². The quantitative estimate of drug-likeness (QED) is 0.398. The van der Waals surface area contributed by atoms with Crippen LogP contribution in [0.1, 0.15) is 51.9 Å². The van der Waals surface area contributed by atoms with Crippen molar-refractivity contribution in [2.45, 2.75) is 51.9 Å². The fourth-order valence-corrected chi connectivity index (χ4v) is 1.76. The molecule has 0 heterocycles. The van der Waals surface area contributed by atoms with Crippen molar-refractivity contribution >= 4 is 11.6 Å². The van der Waals surface area contributed by atoms with E-state index in [1.807, 2.05) is 0 Å². The molecular weight excluding hydrogens is 194 g/mol. The third-order valence-electron chi connectivity index (χ3n) is 2.57. The molecule has 0 aliphatic carbocycles. The third kappa shape index (κ3) is 10.3. The van der Waals surface area contributed by atoms with Crippen LogP contribution in [0, 0.1) is 0 Å². The molecule has 14 heavy (non-hydrogen) atoms. The van der Waals surface area contributed by atoms with Gasteiger partial charge in [-0.05, 0) is 39.4 Å². The molecule has 1 nitrogen and oxygen atoms in total. The zero-order chi connectivity index (χ0) is 10.6. The van der Waals surface area contributed by atoms with Gasteiger partial charge in [0.05, 0.1) is 0 Å². The molecule has 0 rings (SSSR count). The Morgan fingerprint density at radius 2 is 1.43 bits per heavy atom. The first-order valence-electron chi connectivity index (χ1n) is 6.05. The predicted molar refractivity (Wildman–Crippen MR) is 66.2 cm³/mol. The van der Waals surface area contributed by atoms with E-state index in [0.29, 0.717) is 0 Å². The maximum atomic E-state index is 5.62. The second kappa shape index (κ2) is 11.3. The molecule has 0 atom stereocenters. The monoisotopic (exact) mass is 219 g/mol. The van der Waals surface area contributed by atoms with Crippen LogP contribution >= 0.6 is 11.6 Å². The van der Waals surface area contributed by atoms with Crippen LogP contribution in [0.2, 0.25) is 0 Å². The maximum absolute atomic E-state index is 5.62. The zero-order valence-electron chi connectivity index (χ0n) is 9.90. The van der Waals surface area contributed by atoms with Gasteiger partial charge in [0.1, 0.15) is 0 Å². The smallest absolute Gasteiger partial charge is 0.0223 e. The summed E-state index contributed by atoms with van der Waals surface area (Å²) in [6.07, 6.45) is 9.23. The third-order valence-corrected chi connectivity index (χ3v) is 2.83. The molecule has 0 aliphatic heterocycles. The molecule has 0 aromatic heterocycles. The average Bonchev–Trinajstić information content (AvgIpc) is 2.19. The van der Waals surface area contributed by atoms with Crippen LogP contribution < -0.4 is 0 Å². The lowest BCUT2D eigenvalue weighted by Gasteiger charge is -2.15. The number of halogens is 1. The summed E-state index contributed by atoms with van der Waals surface area (Å²) in [6.45, 7) is 4.76. The average molecular weight is 220 g/mol. The molecule has 0 aromatic rings. The number of nitrogens with zero attached hydrogens (tertiary/aromatic N) is 1. The Morgan fingerprint density at radius 1 is 0.857 bits per heavy atom. The zero-order valence-corrected chi connectivity index (χ0v) is 10.7. The van der Waals surface area contributed by atoms with Crippen molar-refractivity contribution in [1.29, 1.82) is 0 Å². The van der Waals surface area contributed by atoms with Crippen LogP contribution in [-0.2, 0) is 0 Å². The molecule has 0 unspecified atom stereocenters. The summed E-state index contributed by atoms with van der Waals surface area (Å²) in [6, 6.07) is 0. The van der Waals surface area contributed by atoms with Crippen LogP contribution in [-0.4, -0.2) is 30.9 Å². The molecule has 2 heteroatoms. The first kappa shape index (κ1) is 14.2. The normalized spacial score (nSPS) is 11.1. The van der Waals surface area contributed by atoms with E-state index in [2.05, 4.69) is 18.9 Å². The Bertz CT molecular complexity index is 94.5. The van der Waals surface area contributed by atoms with Gasteiger partial charge in [-0.15, -0.1) is 11.6 Å². The summed E-state index contributed by atoms with van der Waals surface area (Å²) in [7, 11) is 2.23. The Hall–Kier alpha value is 0.250. The van der Waals surface area contributed by atoms with E-state index in [1.54, 1.807) is 0 Å². The largest absolute Gasteiger partial charge is 0.306 e. The van der Waals surface area contributed by atoms with Crippen molar-refractivity contribution in [3.8, 4) is 0 Å². The van der Waals surface area contributed by atoms with Crippen molar-refractivity contribution in [2.75, 3.05) is 26.0 Å². The molecule has 86 valence electrons. The van der Waals surface area contributed by atoms with Gasteiger partial charge in [-0.1, -0.05) is 32.6 Å². The maximum Gasteiger partial charge on any atom is 0.0223 e. The molecule has 0 amide bonds. The van der Waals surface area contributed by atoms with Crippen molar-refractivity contribution in [3.63, 3.8) is 0 Å². The van der Waals surface area contributed by atoms with Gasteiger partial charge in [-0.3, -0.25) is 0 Å². The van der Waals surface area contributed by atoms with Crippen LogP contribution in [0.4, 0.5) is 0 Å². The molecule has 0 N–H and O–H groups in total. The molecule has 0 aliphatic rings. The summed E-state index contributed by atoms with van der Waals surface area (Å²) in [5.41, 5.74) is 0. The summed E-state index contributed by atoms with van der Waals surface area (Å²) in [4.78, 5) is 2.45. The Kier molecular flexibility index (Phi) is 11.5. The summed E-state index contributed by atoms with van der Waals surface area (Å²) >= 11 is 5.62. The number of alkyl halides is 1. The van der Waals surface area contributed by atoms with Crippen LogP contribution in [0.25, 0.3) is 0 Å². The van der Waals surface area contributed by atoms with Crippen LogP contribution in [0.5, 0.6) is 0 Å². The van der Waals surface area contributed by atoms with Gasteiger partial charge in [0, 0.05) is 5.88 Å². The number of hydrogen-bond donors (Lipinski definition) is 0. The lowest BCUT2D eigenvalue weighted by atomic mass is 10.2. The topological polar surface area (TPSA) is 3.24 Å². The molecule has 0 bridgehead atoms. The van der Waals surface area contributed by atoms with Crippen LogP contribution in [0.15, 0.2) is 0 Å². The van der Waals surface area contributed by atoms with Gasteiger partial charge in [-0.2, -0.15) is 0 Å². The number of unbranched alkanes of at least 4 members (excludes halogenated alkanes) is 5. The minimum absolute atomic E-state index is 0.820. The Morgan fingerprint density at radius 3 is 1.93 bits per heavy atom. The molecule has 0 aromatic carbocycles. The lowest BCUT2D eigenvalue weighted by molar-refractivity contribution is 0.316. The van der Waals surface area contributed by atoms with E-state index in [-0.39, 0.29) is 0 Å². The van der Waals surface area contributed by atoms with Crippen molar-refractivity contribution in [1.82, 2.24) is 4.90 Å². The van der Waals surface area contributed by atoms with Gasteiger partial charge in [0.15, 0.2) is 0 Å². The Labute approximate surface area is 94.8 Å². The predicted octanol–water partition coefficient (Wildman–Crippen LogP) is 3.91. The van der Waals surface area contributed by atoms with Crippen LogP contribution in [0.3, 0.4) is 0 Å². The standard InChI is InChI=1S/C12H26ClN/c1-3-4-5-8-11-14(2)12-9-6-7-10-13/h3-12H2,1-2H3. The van der Waals surface area contributed by atoms with Gasteiger partial charge < -0.3 is 4.90 Å². The minimum Gasteiger partial charge on any atom is -0.306 e. The minimum atomic E-state index is 0.820. The van der Waals surface area contributed by atoms with Gasteiger partial charge in [0.2, 0.25) is 0 Å². The van der Waals surface area contributed by atoms with Gasteiger partial charge in [0.25, 0.3) is 0 Å². The highest BCUT2D eigenvalue weighted by molar-refractivity contribution is 6.17. The number of hydrogen-bond acceptors (Lipinski definition) is 1. The van der Waals surface area contributed by atoms with E-state index >= 15 is 0 Å². The second-order valence-corrected chi connectivity index (χ2v) is 4.49. The fourth-order valence-electron chi connectivity index (χ4n) is 1.57. The molecule has 0 fully saturated rings. The van der Waals surface area contributed by atoms with E-state index < -0.39 is 0 Å². The first-order valence-corrected chi connectivity index (χ1v) is 6.59. The molecule has 0 saturated carbocycles. The molecular formula is C12H26ClN. The van der Waals surface area contributed by atoms with Crippen molar-refractivity contribution < 1.29 is 0 Å². The van der Waals surface area contributed by atoms with E-state index in [1.165, 1.54) is 58.0 Å². The lowest BCUT2D eigenvalue weighted by Crippen LogP contribution is -2.20. The molecule has 0 saturated heterocycles. The first-order chi connectivity index (χ1) is 6.81. The molecule has 0 spiro atoms. The van der Waals surface area contributed by atoms with E-state index in [4.69, 9.17) is 11.6 Å². The summed E-state index contributed by atoms with van der Waals surface area (Å²) in [5, 5.41) is 0. The highest BCUT2D eigenvalue weighted by atomic mass is 35.5. The van der Waals surface area contributed by atoms with Gasteiger partial charge >= 0.3 is 0 Å². The van der Waals surface area contributed by atoms with Crippen molar-refractivity contribution in [2.24, 2.45) is 0 Å². The van der Waals surface area contributed by atoms with Crippen molar-refractivity contribution in [3.05, 3.63) is 0 Å². The highest BCUT2D eigenvalue weighted by Crippen LogP contribution is 2.02. The Balaban J connectivity index is 3.07. The summed E-state index contributed by atoms with van der Waals surface area (Å²) in [5.74, 6) is 0.820. The fraction of sp³-hybridized carbons (Fsp3) is 1.00. The number of rotatable bonds is 10. The van der Waals surface area contributed by atoms with Gasteiger partial charge in [-0.25, -0.2) is 0 Å². The molecule has 0 radical (unpaired) electrons. The summed E-state index contributed by atoms with van der Waals surface area (Å²) < 4.78 is 0.